The van der Waals surface area contributed by atoms with E-state index in [1.54, 1.807) is 44.4 Å². The first-order valence-electron chi connectivity index (χ1n) is 10.7. The number of carbonyl (C=O) groups is 2. The smallest absolute Gasteiger partial charge is 0.296 e. The fraction of sp³-hybridized carbons (Fsp3) is 0.231. The molecule has 1 aliphatic rings. The SMILES string of the molecule is COc1cccc(CN2C(=O)C(=O)/C(=C(/O)c3cc(Cl)c(OC)cc3OC)C2c2ccc(C)o2)c1. The molecule has 1 aromatic heterocycles. The number of nitrogens with zero attached hydrogens (tertiary/aromatic N) is 1. The Labute approximate surface area is 207 Å². The lowest BCUT2D eigenvalue weighted by Crippen LogP contribution is -2.29. The Kier molecular flexibility index (Phi) is 6.75. The van der Waals surface area contributed by atoms with Gasteiger partial charge in [0.25, 0.3) is 11.7 Å². The van der Waals surface area contributed by atoms with E-state index in [0.29, 0.717) is 23.0 Å². The lowest BCUT2D eigenvalue weighted by atomic mass is 9.98. The van der Waals surface area contributed by atoms with Crippen LogP contribution in [0.5, 0.6) is 17.2 Å². The van der Waals surface area contributed by atoms with E-state index in [0.717, 1.165) is 5.56 Å². The van der Waals surface area contributed by atoms with E-state index in [9.17, 15) is 14.7 Å². The maximum atomic E-state index is 13.3. The lowest BCUT2D eigenvalue weighted by Gasteiger charge is -2.24. The fourth-order valence-electron chi connectivity index (χ4n) is 4.10. The molecule has 8 nitrogen and oxygen atoms in total. The number of ether oxygens (including phenoxy) is 3. The first kappa shape index (κ1) is 24.2. The van der Waals surface area contributed by atoms with Gasteiger partial charge in [0.05, 0.1) is 37.5 Å². The second-order valence-corrected chi connectivity index (χ2v) is 8.32. The largest absolute Gasteiger partial charge is 0.507 e. The molecular formula is C26H24ClNO7. The number of ketones is 1. The number of Topliss-reactive ketones (excluding diaryl/α,β-unsaturated/α-hetero) is 1. The van der Waals surface area contributed by atoms with Crippen LogP contribution in [0.25, 0.3) is 5.76 Å². The molecule has 1 amide bonds. The second-order valence-electron chi connectivity index (χ2n) is 7.91. The van der Waals surface area contributed by atoms with Gasteiger partial charge in [-0.3, -0.25) is 9.59 Å². The van der Waals surface area contributed by atoms with E-state index < -0.39 is 23.5 Å². The summed E-state index contributed by atoms with van der Waals surface area (Å²) >= 11 is 6.29. The number of aryl methyl sites for hydroxylation is 1. The first-order valence-corrected chi connectivity index (χ1v) is 11.1. The summed E-state index contributed by atoms with van der Waals surface area (Å²) in [5.41, 5.74) is 0.752. The van der Waals surface area contributed by atoms with Crippen molar-refractivity contribution in [2.24, 2.45) is 0 Å². The summed E-state index contributed by atoms with van der Waals surface area (Å²) in [6.45, 7) is 1.84. The molecule has 2 aromatic carbocycles. The Balaban J connectivity index is 1.88. The van der Waals surface area contributed by atoms with E-state index in [2.05, 4.69) is 0 Å². The van der Waals surface area contributed by atoms with Crippen LogP contribution in [0.1, 0.15) is 28.7 Å². The zero-order valence-electron chi connectivity index (χ0n) is 19.6. The van der Waals surface area contributed by atoms with Crippen LogP contribution >= 0.6 is 11.6 Å². The summed E-state index contributed by atoms with van der Waals surface area (Å²) < 4.78 is 21.7. The first-order chi connectivity index (χ1) is 16.8. The summed E-state index contributed by atoms with van der Waals surface area (Å²) in [5, 5.41) is 11.6. The number of rotatable bonds is 7. The number of halogens is 1. The van der Waals surface area contributed by atoms with Gasteiger partial charge in [0.1, 0.15) is 40.6 Å². The summed E-state index contributed by atoms with van der Waals surface area (Å²) in [6.07, 6.45) is 0. The summed E-state index contributed by atoms with van der Waals surface area (Å²) in [5.74, 6) is 0.0418. The van der Waals surface area contributed by atoms with Crippen LogP contribution in [0.3, 0.4) is 0 Å². The third-order valence-corrected chi connectivity index (χ3v) is 6.08. The molecule has 9 heteroatoms. The van der Waals surface area contributed by atoms with Crippen molar-refractivity contribution in [2.45, 2.75) is 19.5 Å². The van der Waals surface area contributed by atoms with E-state index in [1.807, 2.05) is 6.07 Å². The number of likely N-dealkylation sites (tertiary alicyclic amines) is 1. The number of carbonyl (C=O) groups excluding carboxylic acids is 2. The third-order valence-electron chi connectivity index (χ3n) is 5.79. The number of hydrogen-bond acceptors (Lipinski definition) is 7. The van der Waals surface area contributed by atoms with Gasteiger partial charge in [-0.25, -0.2) is 0 Å². The molecule has 0 saturated carbocycles. The molecule has 0 bridgehead atoms. The Morgan fingerprint density at radius 3 is 2.40 bits per heavy atom. The molecule has 1 unspecified atom stereocenters. The van der Waals surface area contributed by atoms with Gasteiger partial charge >= 0.3 is 0 Å². The molecule has 1 aliphatic heterocycles. The highest BCUT2D eigenvalue weighted by molar-refractivity contribution is 6.46. The Hall–Kier alpha value is -3.91. The topological polar surface area (TPSA) is 98.4 Å². The minimum atomic E-state index is -0.972. The number of methoxy groups -OCH3 is 3. The molecule has 35 heavy (non-hydrogen) atoms. The van der Waals surface area contributed by atoms with Crippen molar-refractivity contribution < 1.29 is 33.3 Å². The molecule has 1 N–H and O–H groups in total. The zero-order valence-corrected chi connectivity index (χ0v) is 20.4. The van der Waals surface area contributed by atoms with Crippen LogP contribution in [-0.2, 0) is 16.1 Å². The number of aliphatic hydroxyl groups is 1. The van der Waals surface area contributed by atoms with Crippen molar-refractivity contribution in [2.75, 3.05) is 21.3 Å². The van der Waals surface area contributed by atoms with Crippen molar-refractivity contribution in [1.82, 2.24) is 4.90 Å². The van der Waals surface area contributed by atoms with Gasteiger partial charge in [0.15, 0.2) is 0 Å². The molecule has 1 fully saturated rings. The van der Waals surface area contributed by atoms with Gasteiger partial charge in [-0.15, -0.1) is 0 Å². The fourth-order valence-corrected chi connectivity index (χ4v) is 4.34. The van der Waals surface area contributed by atoms with Crippen LogP contribution in [0.2, 0.25) is 5.02 Å². The molecular weight excluding hydrogens is 474 g/mol. The van der Waals surface area contributed by atoms with Crippen LogP contribution in [0.15, 0.2) is 58.5 Å². The summed E-state index contributed by atoms with van der Waals surface area (Å²) in [4.78, 5) is 27.8. The van der Waals surface area contributed by atoms with Gasteiger partial charge < -0.3 is 28.6 Å². The molecule has 4 rings (SSSR count). The third kappa shape index (κ3) is 4.44. The predicted octanol–water partition coefficient (Wildman–Crippen LogP) is 4.89. The predicted molar refractivity (Wildman–Crippen MR) is 129 cm³/mol. The number of amides is 1. The number of hydrogen-bond donors (Lipinski definition) is 1. The quantitative estimate of drug-likeness (QED) is 0.282. The van der Waals surface area contributed by atoms with Crippen molar-refractivity contribution in [3.05, 3.63) is 81.8 Å². The molecule has 2 heterocycles. The highest BCUT2D eigenvalue weighted by atomic mass is 35.5. The van der Waals surface area contributed by atoms with Crippen molar-refractivity contribution >= 4 is 29.1 Å². The highest BCUT2D eigenvalue weighted by Gasteiger charge is 2.48. The van der Waals surface area contributed by atoms with Gasteiger partial charge in [-0.2, -0.15) is 0 Å². The molecule has 1 saturated heterocycles. The number of aliphatic hydroxyl groups excluding tert-OH is 1. The Morgan fingerprint density at radius 2 is 1.77 bits per heavy atom. The Bertz CT molecular complexity index is 1330. The zero-order chi connectivity index (χ0) is 25.3. The van der Waals surface area contributed by atoms with Crippen molar-refractivity contribution in [3.63, 3.8) is 0 Å². The van der Waals surface area contributed by atoms with Crippen molar-refractivity contribution in [1.29, 1.82) is 0 Å². The highest BCUT2D eigenvalue weighted by Crippen LogP contribution is 2.44. The van der Waals surface area contributed by atoms with Gasteiger partial charge in [0.2, 0.25) is 0 Å². The standard InChI is InChI=1S/C26H24ClNO7/c1-14-8-9-19(35-14)23-22(24(29)17-11-18(27)21(34-4)12-20(17)33-3)25(30)26(31)28(23)13-15-6-5-7-16(10-15)32-2/h5-12,23,29H,13H2,1-4H3/b24-22+. The second kappa shape index (κ2) is 9.76. The van der Waals surface area contributed by atoms with Crippen LogP contribution in [0, 0.1) is 6.92 Å². The van der Waals surface area contributed by atoms with Gasteiger partial charge in [0, 0.05) is 12.6 Å². The maximum absolute atomic E-state index is 13.3. The molecule has 0 spiro atoms. The van der Waals surface area contributed by atoms with Crippen molar-refractivity contribution in [3.8, 4) is 17.2 Å². The van der Waals surface area contributed by atoms with E-state index >= 15 is 0 Å². The number of benzene rings is 2. The molecule has 0 radical (unpaired) electrons. The monoisotopic (exact) mass is 497 g/mol. The van der Waals surface area contributed by atoms with Crippen LogP contribution < -0.4 is 14.2 Å². The minimum Gasteiger partial charge on any atom is -0.507 e. The van der Waals surface area contributed by atoms with Gasteiger partial charge in [-0.05, 0) is 42.8 Å². The Morgan fingerprint density at radius 1 is 1.03 bits per heavy atom. The summed E-state index contributed by atoms with van der Waals surface area (Å²) in [6, 6.07) is 12.5. The molecule has 0 aliphatic carbocycles. The van der Waals surface area contributed by atoms with E-state index in [-0.39, 0.29) is 28.5 Å². The molecule has 3 aromatic rings. The average Bonchev–Trinajstić information content (AvgIpc) is 3.39. The van der Waals surface area contributed by atoms with E-state index in [1.165, 1.54) is 31.3 Å². The number of furan rings is 1. The van der Waals surface area contributed by atoms with Gasteiger partial charge in [-0.1, -0.05) is 23.7 Å². The summed E-state index contributed by atoms with van der Waals surface area (Å²) in [7, 11) is 4.40. The average molecular weight is 498 g/mol. The minimum absolute atomic E-state index is 0.0868. The van der Waals surface area contributed by atoms with Crippen LogP contribution in [0.4, 0.5) is 0 Å². The maximum Gasteiger partial charge on any atom is 0.296 e. The van der Waals surface area contributed by atoms with E-state index in [4.69, 9.17) is 30.2 Å². The molecule has 1 atom stereocenters. The lowest BCUT2D eigenvalue weighted by molar-refractivity contribution is -0.140. The van der Waals surface area contributed by atoms with Crippen LogP contribution in [-0.4, -0.2) is 43.0 Å². The molecule has 182 valence electrons. The normalized spacial score (nSPS) is 17.1.